The van der Waals surface area contributed by atoms with Crippen molar-refractivity contribution in [1.82, 2.24) is 14.7 Å². The van der Waals surface area contributed by atoms with Gasteiger partial charge in [0.2, 0.25) is 0 Å². The summed E-state index contributed by atoms with van der Waals surface area (Å²) in [5.74, 6) is 1.55. The van der Waals surface area contributed by atoms with E-state index in [-0.39, 0.29) is 6.61 Å². The standard InChI is InChI=1S/C16H23N3O3/c1-18-10-13(9-17-18)11-19(6-7-20)12-14-4-5-15(21-2)8-16(14)22-3/h4-5,8-10,20H,6-7,11-12H2,1-3H3. The molecule has 1 heterocycles. The summed E-state index contributed by atoms with van der Waals surface area (Å²) >= 11 is 0. The lowest BCUT2D eigenvalue weighted by Gasteiger charge is -2.22. The Morgan fingerprint density at radius 3 is 2.64 bits per heavy atom. The van der Waals surface area contributed by atoms with Gasteiger partial charge in [-0.25, -0.2) is 0 Å². The number of hydrogen-bond acceptors (Lipinski definition) is 5. The third-order valence-corrected chi connectivity index (χ3v) is 3.47. The molecule has 2 rings (SSSR count). The topological polar surface area (TPSA) is 59.8 Å². The first-order valence-electron chi connectivity index (χ1n) is 7.18. The zero-order valence-electron chi connectivity index (χ0n) is 13.3. The average molecular weight is 305 g/mol. The van der Waals surface area contributed by atoms with Gasteiger partial charge in [-0.1, -0.05) is 6.07 Å². The van der Waals surface area contributed by atoms with Gasteiger partial charge in [0.25, 0.3) is 0 Å². The molecule has 1 aromatic heterocycles. The van der Waals surface area contributed by atoms with Gasteiger partial charge in [0.15, 0.2) is 0 Å². The molecule has 0 aliphatic carbocycles. The molecule has 0 fully saturated rings. The van der Waals surface area contributed by atoms with Gasteiger partial charge in [0.1, 0.15) is 11.5 Å². The van der Waals surface area contributed by atoms with Crippen LogP contribution in [-0.2, 0) is 20.1 Å². The SMILES string of the molecule is COc1ccc(CN(CCO)Cc2cnn(C)c2)c(OC)c1. The van der Waals surface area contributed by atoms with Crippen LogP contribution in [0, 0.1) is 0 Å². The molecule has 0 unspecified atom stereocenters. The second-order valence-electron chi connectivity index (χ2n) is 5.13. The van der Waals surface area contributed by atoms with Crippen molar-refractivity contribution in [3.63, 3.8) is 0 Å². The third-order valence-electron chi connectivity index (χ3n) is 3.47. The van der Waals surface area contributed by atoms with Crippen LogP contribution in [0.5, 0.6) is 11.5 Å². The zero-order valence-corrected chi connectivity index (χ0v) is 13.3. The molecule has 1 N–H and O–H groups in total. The van der Waals surface area contributed by atoms with Crippen molar-refractivity contribution in [1.29, 1.82) is 0 Å². The van der Waals surface area contributed by atoms with Gasteiger partial charge in [-0.3, -0.25) is 9.58 Å². The van der Waals surface area contributed by atoms with Gasteiger partial charge in [0, 0.05) is 50.1 Å². The van der Waals surface area contributed by atoms with Crippen LogP contribution in [0.1, 0.15) is 11.1 Å². The Kier molecular flexibility index (Phi) is 5.80. The van der Waals surface area contributed by atoms with Gasteiger partial charge >= 0.3 is 0 Å². The van der Waals surface area contributed by atoms with Crippen molar-refractivity contribution in [2.24, 2.45) is 7.05 Å². The van der Waals surface area contributed by atoms with E-state index in [1.807, 2.05) is 37.6 Å². The molecule has 0 saturated heterocycles. The highest BCUT2D eigenvalue weighted by Gasteiger charge is 2.12. The summed E-state index contributed by atoms with van der Waals surface area (Å²) in [7, 11) is 5.18. The predicted molar refractivity (Wildman–Crippen MR) is 84.0 cm³/mol. The number of nitrogens with zero attached hydrogens (tertiary/aromatic N) is 3. The predicted octanol–water partition coefficient (Wildman–Crippen LogP) is 1.43. The Hall–Kier alpha value is -2.05. The van der Waals surface area contributed by atoms with Crippen molar-refractivity contribution >= 4 is 0 Å². The molecular weight excluding hydrogens is 282 g/mol. The quantitative estimate of drug-likeness (QED) is 0.799. The van der Waals surface area contributed by atoms with E-state index in [2.05, 4.69) is 10.00 Å². The van der Waals surface area contributed by atoms with Crippen LogP contribution < -0.4 is 9.47 Å². The molecule has 0 saturated carbocycles. The van der Waals surface area contributed by atoms with E-state index in [9.17, 15) is 5.11 Å². The Bertz CT molecular complexity index is 598. The van der Waals surface area contributed by atoms with Gasteiger partial charge in [-0.05, 0) is 6.07 Å². The van der Waals surface area contributed by atoms with Crippen molar-refractivity contribution in [3.8, 4) is 11.5 Å². The van der Waals surface area contributed by atoms with Gasteiger partial charge < -0.3 is 14.6 Å². The minimum absolute atomic E-state index is 0.110. The number of aliphatic hydroxyl groups excluding tert-OH is 1. The number of aryl methyl sites for hydroxylation is 1. The largest absolute Gasteiger partial charge is 0.497 e. The number of aliphatic hydroxyl groups is 1. The van der Waals surface area contributed by atoms with E-state index in [1.54, 1.807) is 18.9 Å². The smallest absolute Gasteiger partial charge is 0.127 e. The summed E-state index contributed by atoms with van der Waals surface area (Å²) in [6.45, 7) is 2.11. The molecule has 0 bridgehead atoms. The maximum absolute atomic E-state index is 9.29. The fraction of sp³-hybridized carbons (Fsp3) is 0.438. The van der Waals surface area contributed by atoms with Gasteiger partial charge in [0.05, 0.1) is 27.0 Å². The van der Waals surface area contributed by atoms with Crippen LogP contribution in [0.25, 0.3) is 0 Å². The number of benzene rings is 1. The highest BCUT2D eigenvalue weighted by atomic mass is 16.5. The summed E-state index contributed by atoms with van der Waals surface area (Å²) in [6.07, 6.45) is 3.82. The van der Waals surface area contributed by atoms with E-state index >= 15 is 0 Å². The number of ether oxygens (including phenoxy) is 2. The first kappa shape index (κ1) is 16.3. The first-order chi connectivity index (χ1) is 10.7. The summed E-state index contributed by atoms with van der Waals surface area (Å²) < 4.78 is 12.4. The maximum Gasteiger partial charge on any atom is 0.127 e. The molecular formula is C16H23N3O3. The second-order valence-corrected chi connectivity index (χ2v) is 5.13. The van der Waals surface area contributed by atoms with Crippen LogP contribution in [0.4, 0.5) is 0 Å². The molecule has 2 aromatic rings. The Morgan fingerprint density at radius 1 is 1.23 bits per heavy atom. The molecule has 0 spiro atoms. The molecule has 1 aromatic carbocycles. The fourth-order valence-corrected chi connectivity index (χ4v) is 2.39. The van der Waals surface area contributed by atoms with Crippen LogP contribution in [-0.4, -0.2) is 47.2 Å². The molecule has 0 radical (unpaired) electrons. The average Bonchev–Trinajstić information content (AvgIpc) is 2.93. The van der Waals surface area contributed by atoms with Crippen LogP contribution >= 0.6 is 0 Å². The van der Waals surface area contributed by atoms with Crippen LogP contribution in [0.15, 0.2) is 30.6 Å². The fourth-order valence-electron chi connectivity index (χ4n) is 2.39. The lowest BCUT2D eigenvalue weighted by Crippen LogP contribution is -2.26. The molecule has 0 aliphatic rings. The Labute approximate surface area is 130 Å². The number of aromatic nitrogens is 2. The highest BCUT2D eigenvalue weighted by Crippen LogP contribution is 2.26. The molecule has 6 nitrogen and oxygen atoms in total. The van der Waals surface area contributed by atoms with Crippen molar-refractivity contribution < 1.29 is 14.6 Å². The monoisotopic (exact) mass is 305 g/mol. The normalized spacial score (nSPS) is 11.0. The number of rotatable bonds is 8. The molecule has 22 heavy (non-hydrogen) atoms. The van der Waals surface area contributed by atoms with Crippen LogP contribution in [0.2, 0.25) is 0 Å². The minimum Gasteiger partial charge on any atom is -0.497 e. The molecule has 120 valence electrons. The molecule has 0 atom stereocenters. The van der Waals surface area contributed by atoms with E-state index < -0.39 is 0 Å². The second kappa shape index (κ2) is 7.82. The Morgan fingerprint density at radius 2 is 2.05 bits per heavy atom. The third kappa shape index (κ3) is 4.22. The molecule has 0 aliphatic heterocycles. The van der Waals surface area contributed by atoms with E-state index in [0.717, 1.165) is 29.2 Å². The van der Waals surface area contributed by atoms with E-state index in [1.165, 1.54) is 0 Å². The first-order valence-corrected chi connectivity index (χ1v) is 7.18. The summed E-state index contributed by atoms with van der Waals surface area (Å²) in [5, 5.41) is 13.5. The maximum atomic E-state index is 9.29. The van der Waals surface area contributed by atoms with Crippen molar-refractivity contribution in [2.75, 3.05) is 27.4 Å². The van der Waals surface area contributed by atoms with E-state index in [0.29, 0.717) is 13.1 Å². The number of hydrogen-bond donors (Lipinski definition) is 1. The van der Waals surface area contributed by atoms with E-state index in [4.69, 9.17) is 9.47 Å². The van der Waals surface area contributed by atoms with Crippen LogP contribution in [0.3, 0.4) is 0 Å². The lowest BCUT2D eigenvalue weighted by molar-refractivity contribution is 0.183. The lowest BCUT2D eigenvalue weighted by atomic mass is 10.1. The number of methoxy groups -OCH3 is 2. The summed E-state index contributed by atoms with van der Waals surface area (Å²) in [4.78, 5) is 2.15. The molecule has 0 amide bonds. The van der Waals surface area contributed by atoms with Gasteiger partial charge in [-0.15, -0.1) is 0 Å². The Balaban J connectivity index is 2.13. The summed E-state index contributed by atoms with van der Waals surface area (Å²) in [5.41, 5.74) is 2.17. The highest BCUT2D eigenvalue weighted by molar-refractivity contribution is 5.40. The van der Waals surface area contributed by atoms with Crippen molar-refractivity contribution in [3.05, 3.63) is 41.7 Å². The van der Waals surface area contributed by atoms with Gasteiger partial charge in [-0.2, -0.15) is 5.10 Å². The molecule has 6 heteroatoms. The van der Waals surface area contributed by atoms with Crippen molar-refractivity contribution in [2.45, 2.75) is 13.1 Å². The minimum atomic E-state index is 0.110. The zero-order chi connectivity index (χ0) is 15.9. The summed E-state index contributed by atoms with van der Waals surface area (Å²) in [6, 6.07) is 5.78.